The Hall–Kier alpha value is -1.61. The summed E-state index contributed by atoms with van der Waals surface area (Å²) in [6.45, 7) is 7.36. The fraction of sp³-hybridized carbons (Fsp3) is 0.500. The molecule has 0 aromatic heterocycles. The van der Waals surface area contributed by atoms with E-state index < -0.39 is 0 Å². The highest BCUT2D eigenvalue weighted by Gasteiger charge is 2.10. The number of rotatable bonds is 7. The number of nitrogens with zero attached hydrogens (tertiary/aromatic N) is 2. The molecule has 0 atom stereocenters. The molecule has 0 spiro atoms. The molecular formula is C16H23ClN4O3S. The van der Waals surface area contributed by atoms with Crippen molar-refractivity contribution < 1.29 is 14.6 Å². The summed E-state index contributed by atoms with van der Waals surface area (Å²) >= 11 is 11.2. The van der Waals surface area contributed by atoms with Gasteiger partial charge in [0.25, 0.3) is 0 Å². The molecule has 1 saturated heterocycles. The van der Waals surface area contributed by atoms with Gasteiger partial charge in [-0.05, 0) is 36.8 Å². The van der Waals surface area contributed by atoms with Crippen LogP contribution < -0.4 is 15.5 Å². The van der Waals surface area contributed by atoms with Crippen LogP contribution in [-0.2, 0) is 4.74 Å². The Kier molecular flexibility index (Phi) is 8.20. The minimum absolute atomic E-state index is 0.0751. The molecule has 2 rings (SSSR count). The Bertz CT molecular complexity index is 609. The largest absolute Gasteiger partial charge is 0.503 e. The molecule has 3 N–H and O–H groups in total. The van der Waals surface area contributed by atoms with Gasteiger partial charge in [0.05, 0.1) is 31.1 Å². The fourth-order valence-electron chi connectivity index (χ4n) is 2.29. The molecule has 1 fully saturated rings. The van der Waals surface area contributed by atoms with Gasteiger partial charge in [-0.15, -0.1) is 0 Å². The summed E-state index contributed by atoms with van der Waals surface area (Å²) in [6.07, 6.45) is 1.56. The number of halogens is 1. The summed E-state index contributed by atoms with van der Waals surface area (Å²) in [5.41, 5.74) is 3.44. The maximum absolute atomic E-state index is 9.81. The summed E-state index contributed by atoms with van der Waals surface area (Å²) < 4.78 is 10.6. The number of phenols is 1. The number of benzene rings is 1. The van der Waals surface area contributed by atoms with Crippen LogP contribution in [0.5, 0.6) is 11.5 Å². The Morgan fingerprint density at radius 3 is 2.96 bits per heavy atom. The van der Waals surface area contributed by atoms with Crippen molar-refractivity contribution in [2.75, 3.05) is 46.0 Å². The van der Waals surface area contributed by atoms with Crippen LogP contribution in [-0.4, -0.2) is 67.3 Å². The minimum atomic E-state index is -0.0751. The lowest BCUT2D eigenvalue weighted by molar-refractivity contribution is 0.0389. The number of nitrogens with one attached hydrogen (secondary N) is 2. The average molecular weight is 387 g/mol. The third-order valence-corrected chi connectivity index (χ3v) is 4.07. The zero-order valence-electron chi connectivity index (χ0n) is 14.1. The van der Waals surface area contributed by atoms with E-state index in [1.165, 1.54) is 0 Å². The van der Waals surface area contributed by atoms with Crippen LogP contribution in [0, 0.1) is 0 Å². The van der Waals surface area contributed by atoms with E-state index in [9.17, 15) is 5.11 Å². The van der Waals surface area contributed by atoms with Crippen LogP contribution in [0.4, 0.5) is 0 Å². The second-order valence-corrected chi connectivity index (χ2v) is 6.18. The lowest BCUT2D eigenvalue weighted by atomic mass is 10.2. The molecule has 0 amide bonds. The van der Waals surface area contributed by atoms with E-state index in [1.54, 1.807) is 18.3 Å². The predicted octanol–water partition coefficient (Wildman–Crippen LogP) is 1.57. The standard InChI is InChI=1S/C16H23ClN4O3S/c1-2-24-14-10-12(9-13(17)15(14)22)11-19-20-16(25)18-3-4-21-5-7-23-8-6-21/h9-11,22H,2-8H2,1H3,(H2,18,20,25)/b19-11-. The van der Waals surface area contributed by atoms with Crippen molar-refractivity contribution in [1.82, 2.24) is 15.6 Å². The first-order valence-corrected chi connectivity index (χ1v) is 8.91. The van der Waals surface area contributed by atoms with Crippen molar-refractivity contribution in [3.8, 4) is 11.5 Å². The second-order valence-electron chi connectivity index (χ2n) is 5.36. The fourth-order valence-corrected chi connectivity index (χ4v) is 2.67. The molecule has 0 saturated carbocycles. The SMILES string of the molecule is CCOc1cc(/C=N\NC(=S)NCCN2CCOCC2)cc(Cl)c1O. The van der Waals surface area contributed by atoms with Crippen molar-refractivity contribution >= 4 is 35.1 Å². The molecule has 0 bridgehead atoms. The molecule has 1 aromatic carbocycles. The van der Waals surface area contributed by atoms with Crippen LogP contribution in [0.2, 0.25) is 5.02 Å². The first-order chi connectivity index (χ1) is 12.1. The third kappa shape index (κ3) is 6.66. The van der Waals surface area contributed by atoms with Gasteiger partial charge in [0, 0.05) is 26.2 Å². The number of hydrogen-bond donors (Lipinski definition) is 3. The number of hydrogen-bond acceptors (Lipinski definition) is 6. The Morgan fingerprint density at radius 2 is 2.24 bits per heavy atom. The van der Waals surface area contributed by atoms with Crippen molar-refractivity contribution in [3.63, 3.8) is 0 Å². The number of morpholine rings is 1. The Balaban J connectivity index is 1.76. The highest BCUT2D eigenvalue weighted by molar-refractivity contribution is 7.80. The normalized spacial score (nSPS) is 15.3. The number of phenolic OH excluding ortho intramolecular Hbond substituents is 1. The highest BCUT2D eigenvalue weighted by atomic mass is 35.5. The smallest absolute Gasteiger partial charge is 0.187 e. The van der Waals surface area contributed by atoms with Gasteiger partial charge in [0.2, 0.25) is 0 Å². The van der Waals surface area contributed by atoms with Crippen molar-refractivity contribution in [3.05, 3.63) is 22.7 Å². The van der Waals surface area contributed by atoms with Gasteiger partial charge in [0.1, 0.15) is 0 Å². The molecule has 1 aliphatic heterocycles. The molecule has 0 radical (unpaired) electrons. The summed E-state index contributed by atoms with van der Waals surface area (Å²) in [5.74, 6) is 0.247. The number of thiocarbonyl (C=S) groups is 1. The first kappa shape index (κ1) is 19.7. The molecule has 1 heterocycles. The van der Waals surface area contributed by atoms with E-state index >= 15 is 0 Å². The molecule has 1 aliphatic rings. The van der Waals surface area contributed by atoms with Crippen molar-refractivity contribution in [1.29, 1.82) is 0 Å². The molecule has 0 unspecified atom stereocenters. The summed E-state index contributed by atoms with van der Waals surface area (Å²) in [6, 6.07) is 3.25. The minimum Gasteiger partial charge on any atom is -0.503 e. The van der Waals surface area contributed by atoms with E-state index in [4.69, 9.17) is 33.3 Å². The van der Waals surface area contributed by atoms with Crippen molar-refractivity contribution in [2.45, 2.75) is 6.92 Å². The van der Waals surface area contributed by atoms with Crippen LogP contribution in [0.1, 0.15) is 12.5 Å². The van der Waals surface area contributed by atoms with E-state index in [2.05, 4.69) is 20.7 Å². The maximum atomic E-state index is 9.81. The van der Waals surface area contributed by atoms with E-state index in [1.807, 2.05) is 6.92 Å². The lowest BCUT2D eigenvalue weighted by Gasteiger charge is -2.26. The van der Waals surface area contributed by atoms with E-state index in [0.717, 1.165) is 39.4 Å². The number of hydrazone groups is 1. The molecule has 1 aromatic rings. The molecule has 25 heavy (non-hydrogen) atoms. The Labute approximate surface area is 157 Å². The molecule has 9 heteroatoms. The monoisotopic (exact) mass is 386 g/mol. The quantitative estimate of drug-likeness (QED) is 0.373. The Morgan fingerprint density at radius 1 is 1.48 bits per heavy atom. The first-order valence-electron chi connectivity index (χ1n) is 8.12. The van der Waals surface area contributed by atoms with Gasteiger partial charge in [-0.3, -0.25) is 10.3 Å². The van der Waals surface area contributed by atoms with Gasteiger partial charge in [-0.25, -0.2) is 0 Å². The summed E-state index contributed by atoms with van der Waals surface area (Å²) in [7, 11) is 0. The highest BCUT2D eigenvalue weighted by Crippen LogP contribution is 2.34. The van der Waals surface area contributed by atoms with E-state index in [0.29, 0.717) is 23.0 Å². The molecule has 138 valence electrons. The van der Waals surface area contributed by atoms with Gasteiger partial charge in [0.15, 0.2) is 16.6 Å². The van der Waals surface area contributed by atoms with Gasteiger partial charge in [-0.1, -0.05) is 11.6 Å². The maximum Gasteiger partial charge on any atom is 0.187 e. The molecule has 7 nitrogen and oxygen atoms in total. The van der Waals surface area contributed by atoms with Gasteiger partial charge in [-0.2, -0.15) is 5.10 Å². The van der Waals surface area contributed by atoms with Crippen LogP contribution in [0.25, 0.3) is 0 Å². The summed E-state index contributed by atoms with van der Waals surface area (Å²) in [5, 5.41) is 17.6. The number of ether oxygens (including phenoxy) is 2. The van der Waals surface area contributed by atoms with Gasteiger partial charge < -0.3 is 19.9 Å². The zero-order chi connectivity index (χ0) is 18.1. The number of aromatic hydroxyl groups is 1. The van der Waals surface area contributed by atoms with Gasteiger partial charge >= 0.3 is 0 Å². The second kappa shape index (κ2) is 10.4. The topological polar surface area (TPSA) is 78.4 Å². The summed E-state index contributed by atoms with van der Waals surface area (Å²) in [4.78, 5) is 2.32. The van der Waals surface area contributed by atoms with Crippen LogP contribution >= 0.6 is 23.8 Å². The molecular weight excluding hydrogens is 364 g/mol. The predicted molar refractivity (Wildman–Crippen MR) is 103 cm³/mol. The average Bonchev–Trinajstić information content (AvgIpc) is 2.60. The van der Waals surface area contributed by atoms with Crippen molar-refractivity contribution in [2.24, 2.45) is 5.10 Å². The van der Waals surface area contributed by atoms with E-state index in [-0.39, 0.29) is 10.8 Å². The lowest BCUT2D eigenvalue weighted by Crippen LogP contribution is -2.42. The molecule has 0 aliphatic carbocycles. The zero-order valence-corrected chi connectivity index (χ0v) is 15.7. The van der Waals surface area contributed by atoms with Crippen LogP contribution in [0.15, 0.2) is 17.2 Å². The third-order valence-electron chi connectivity index (χ3n) is 3.55. The van der Waals surface area contributed by atoms with Crippen LogP contribution in [0.3, 0.4) is 0 Å².